The Morgan fingerprint density at radius 2 is 1.43 bits per heavy atom. The van der Waals surface area contributed by atoms with E-state index in [9.17, 15) is 14.4 Å². The van der Waals surface area contributed by atoms with Gasteiger partial charge in [0, 0.05) is 11.4 Å². The molecule has 2 aromatic carbocycles. The average molecular weight is 350 g/mol. The Morgan fingerprint density at radius 1 is 0.826 bits per heavy atom. The molecular weight excluding hydrogens is 341 g/mol. The summed E-state index contributed by atoms with van der Waals surface area (Å²) < 4.78 is 0. The van der Waals surface area contributed by atoms with E-state index in [-0.39, 0.29) is 11.1 Å². The van der Waals surface area contributed by atoms with Crippen LogP contribution in [-0.2, 0) is 0 Å². The van der Waals surface area contributed by atoms with Crippen molar-refractivity contribution < 1.29 is 14.4 Å². The Hall–Kier alpha value is -2.57. The molecule has 0 atom stereocenters. The molecular formula is C15H9Cl2N3O3. The number of carbonyl (C=O) groups excluding carboxylic acids is 3. The van der Waals surface area contributed by atoms with Gasteiger partial charge in [0.25, 0.3) is 11.8 Å². The van der Waals surface area contributed by atoms with E-state index in [0.717, 1.165) is 0 Å². The van der Waals surface area contributed by atoms with E-state index in [4.69, 9.17) is 23.2 Å². The van der Waals surface area contributed by atoms with Crippen LogP contribution < -0.4 is 16.0 Å². The molecule has 116 valence electrons. The number of imide groups is 1. The number of amides is 4. The van der Waals surface area contributed by atoms with Gasteiger partial charge in [-0.1, -0.05) is 23.2 Å². The molecule has 1 aliphatic rings. The molecule has 0 unspecified atom stereocenters. The van der Waals surface area contributed by atoms with Crippen LogP contribution in [0.2, 0.25) is 10.0 Å². The number of anilines is 2. The summed E-state index contributed by atoms with van der Waals surface area (Å²) in [4.78, 5) is 35.0. The van der Waals surface area contributed by atoms with Crippen molar-refractivity contribution in [1.29, 1.82) is 0 Å². The predicted molar refractivity (Wildman–Crippen MR) is 87.3 cm³/mol. The fourth-order valence-electron chi connectivity index (χ4n) is 2.11. The van der Waals surface area contributed by atoms with Crippen molar-refractivity contribution in [1.82, 2.24) is 5.32 Å². The number of hydrogen-bond donors (Lipinski definition) is 3. The topological polar surface area (TPSA) is 87.3 Å². The zero-order chi connectivity index (χ0) is 16.6. The maximum atomic E-state index is 12.0. The zero-order valence-corrected chi connectivity index (χ0v) is 13.0. The quantitative estimate of drug-likeness (QED) is 0.724. The van der Waals surface area contributed by atoms with Gasteiger partial charge in [0.15, 0.2) is 0 Å². The summed E-state index contributed by atoms with van der Waals surface area (Å²) in [6.45, 7) is 0. The number of nitrogens with one attached hydrogen (secondary N) is 3. The van der Waals surface area contributed by atoms with E-state index >= 15 is 0 Å². The molecule has 0 fully saturated rings. The van der Waals surface area contributed by atoms with Gasteiger partial charge in [-0.05, 0) is 36.4 Å². The molecule has 8 heteroatoms. The number of carbonyl (C=O) groups is 3. The van der Waals surface area contributed by atoms with Gasteiger partial charge in [-0.25, -0.2) is 4.79 Å². The van der Waals surface area contributed by atoms with Crippen molar-refractivity contribution in [3.05, 3.63) is 57.6 Å². The van der Waals surface area contributed by atoms with Crippen LogP contribution >= 0.6 is 23.2 Å². The second kappa shape index (κ2) is 5.91. The number of rotatable bonds is 2. The maximum Gasteiger partial charge on any atom is 0.323 e. The summed E-state index contributed by atoms with van der Waals surface area (Å²) in [6.07, 6.45) is 0. The first kappa shape index (κ1) is 15.3. The van der Waals surface area contributed by atoms with E-state index in [0.29, 0.717) is 21.4 Å². The second-order valence-corrected chi connectivity index (χ2v) is 5.57. The molecule has 4 amide bonds. The monoisotopic (exact) mass is 349 g/mol. The van der Waals surface area contributed by atoms with Crippen molar-refractivity contribution in [2.24, 2.45) is 0 Å². The molecule has 6 nitrogen and oxygen atoms in total. The zero-order valence-electron chi connectivity index (χ0n) is 11.4. The minimum Gasteiger partial charge on any atom is -0.308 e. The molecule has 3 rings (SSSR count). The first-order valence-corrected chi connectivity index (χ1v) is 7.22. The lowest BCUT2D eigenvalue weighted by Crippen LogP contribution is -2.20. The molecule has 0 saturated carbocycles. The number of urea groups is 1. The van der Waals surface area contributed by atoms with Gasteiger partial charge in [0.1, 0.15) is 0 Å². The van der Waals surface area contributed by atoms with Crippen LogP contribution in [0.5, 0.6) is 0 Å². The summed E-state index contributed by atoms with van der Waals surface area (Å²) in [7, 11) is 0. The van der Waals surface area contributed by atoms with Crippen LogP contribution in [0.15, 0.2) is 36.4 Å². The van der Waals surface area contributed by atoms with E-state index in [1.165, 1.54) is 24.3 Å². The first-order chi connectivity index (χ1) is 10.9. The molecule has 0 saturated heterocycles. The lowest BCUT2D eigenvalue weighted by molar-refractivity contribution is 0.0879. The van der Waals surface area contributed by atoms with Crippen molar-refractivity contribution >= 4 is 52.4 Å². The second-order valence-electron chi connectivity index (χ2n) is 4.75. The van der Waals surface area contributed by atoms with E-state index in [1.54, 1.807) is 12.1 Å². The Bertz CT molecular complexity index is 852. The van der Waals surface area contributed by atoms with Gasteiger partial charge in [0.05, 0.1) is 21.2 Å². The third-order valence-corrected chi connectivity index (χ3v) is 3.91. The van der Waals surface area contributed by atoms with Crippen LogP contribution in [0.4, 0.5) is 16.2 Å². The predicted octanol–water partition coefficient (Wildman–Crippen LogP) is 3.52. The molecule has 23 heavy (non-hydrogen) atoms. The van der Waals surface area contributed by atoms with Crippen molar-refractivity contribution in [3.63, 3.8) is 0 Å². The average Bonchev–Trinajstić information content (AvgIpc) is 2.77. The smallest absolute Gasteiger partial charge is 0.308 e. The van der Waals surface area contributed by atoms with Crippen LogP contribution in [-0.4, -0.2) is 17.8 Å². The summed E-state index contributed by atoms with van der Waals surface area (Å²) in [6, 6.07) is 8.60. The molecule has 1 aliphatic heterocycles. The summed E-state index contributed by atoms with van der Waals surface area (Å²) in [5.41, 5.74) is 1.35. The largest absolute Gasteiger partial charge is 0.323 e. The van der Waals surface area contributed by atoms with Crippen LogP contribution in [0.25, 0.3) is 0 Å². The maximum absolute atomic E-state index is 12.0. The number of fused-ring (bicyclic) bond motifs is 1. The molecule has 0 bridgehead atoms. The first-order valence-electron chi connectivity index (χ1n) is 6.47. The van der Waals surface area contributed by atoms with Crippen molar-refractivity contribution in [2.75, 3.05) is 10.6 Å². The van der Waals surface area contributed by atoms with Crippen LogP contribution in [0.1, 0.15) is 20.7 Å². The SMILES string of the molecule is O=C(Nc1ccc(Cl)c(Cl)c1)Nc1ccc2c(c1)C(=O)NC2=O. The minimum atomic E-state index is -0.520. The van der Waals surface area contributed by atoms with Gasteiger partial charge in [-0.3, -0.25) is 14.9 Å². The molecule has 3 N–H and O–H groups in total. The van der Waals surface area contributed by atoms with Gasteiger partial charge in [0.2, 0.25) is 0 Å². The number of hydrogen-bond acceptors (Lipinski definition) is 3. The third-order valence-electron chi connectivity index (χ3n) is 3.17. The highest BCUT2D eigenvalue weighted by atomic mass is 35.5. The van der Waals surface area contributed by atoms with Crippen LogP contribution in [0.3, 0.4) is 0 Å². The Kier molecular flexibility index (Phi) is 3.94. The molecule has 1 heterocycles. The summed E-state index contributed by atoms with van der Waals surface area (Å²) >= 11 is 11.7. The standard InChI is InChI=1S/C15H9Cl2N3O3/c16-11-4-2-8(6-12(11)17)19-15(23)18-7-1-3-9-10(5-7)14(22)20-13(9)21/h1-6H,(H2,18,19,23)(H,20,21,22). The fraction of sp³-hybridized carbons (Fsp3) is 0. The third kappa shape index (κ3) is 3.13. The molecule has 2 aromatic rings. The molecule has 0 radical (unpaired) electrons. The lowest BCUT2D eigenvalue weighted by Gasteiger charge is -2.09. The van der Waals surface area contributed by atoms with E-state index < -0.39 is 17.8 Å². The highest BCUT2D eigenvalue weighted by molar-refractivity contribution is 6.42. The van der Waals surface area contributed by atoms with Crippen LogP contribution in [0, 0.1) is 0 Å². The van der Waals surface area contributed by atoms with Gasteiger partial charge in [-0.2, -0.15) is 0 Å². The van der Waals surface area contributed by atoms with Crippen molar-refractivity contribution in [2.45, 2.75) is 0 Å². The summed E-state index contributed by atoms with van der Waals surface area (Å²) in [5.74, 6) is -0.935. The molecule has 0 aromatic heterocycles. The Balaban J connectivity index is 1.73. The normalized spacial score (nSPS) is 12.6. The lowest BCUT2D eigenvalue weighted by atomic mass is 10.1. The minimum absolute atomic E-state index is 0.224. The Labute approximate surface area is 140 Å². The van der Waals surface area contributed by atoms with E-state index in [2.05, 4.69) is 16.0 Å². The Morgan fingerprint density at radius 3 is 2.13 bits per heavy atom. The highest BCUT2D eigenvalue weighted by Gasteiger charge is 2.26. The van der Waals surface area contributed by atoms with Gasteiger partial charge >= 0.3 is 6.03 Å². The number of halogens is 2. The molecule has 0 aliphatic carbocycles. The fourth-order valence-corrected chi connectivity index (χ4v) is 2.41. The molecule has 0 spiro atoms. The van der Waals surface area contributed by atoms with Gasteiger partial charge in [-0.15, -0.1) is 0 Å². The van der Waals surface area contributed by atoms with Gasteiger partial charge < -0.3 is 10.6 Å². The highest BCUT2D eigenvalue weighted by Crippen LogP contribution is 2.25. The summed E-state index contributed by atoms with van der Waals surface area (Å²) in [5, 5.41) is 8.04. The van der Waals surface area contributed by atoms with Crippen molar-refractivity contribution in [3.8, 4) is 0 Å². The number of benzene rings is 2. The van der Waals surface area contributed by atoms with E-state index in [1.807, 2.05) is 0 Å².